The molecule has 0 atom stereocenters. The highest BCUT2D eigenvalue weighted by atomic mass is 32.2. The number of para-hydroxylation sites is 1. The smallest absolute Gasteiger partial charge is 0.262 e. The molecule has 0 bridgehead atoms. The molecule has 1 aliphatic heterocycles. The van der Waals surface area contributed by atoms with E-state index in [2.05, 4.69) is 31.2 Å². The number of aromatic nitrogens is 2. The number of morpholine rings is 1. The molecule has 1 aliphatic rings. The van der Waals surface area contributed by atoms with E-state index in [0.29, 0.717) is 11.9 Å². The second-order valence-electron chi connectivity index (χ2n) is 7.61. The van der Waals surface area contributed by atoms with Crippen molar-refractivity contribution in [3.8, 4) is 0 Å². The third-order valence-corrected chi connectivity index (χ3v) is 6.47. The van der Waals surface area contributed by atoms with Crippen LogP contribution in [-0.2, 0) is 17.0 Å². The van der Waals surface area contributed by atoms with Gasteiger partial charge in [-0.1, -0.05) is 53.7 Å². The van der Waals surface area contributed by atoms with E-state index in [9.17, 15) is 4.79 Å². The molecule has 1 fully saturated rings. The van der Waals surface area contributed by atoms with Crippen LogP contribution in [0.15, 0.2) is 58.5 Å². The first-order valence-electron chi connectivity index (χ1n) is 10.3. The van der Waals surface area contributed by atoms with Gasteiger partial charge in [-0.25, -0.2) is 4.98 Å². The standard InChI is InChI=1S/C23H27N3O2S/c1-18-7-9-19(10-8-18)17-29-23-24-21-6-3-2-5-20(21)22(27)26(23)12-4-11-25-13-15-28-16-14-25/h2-3,5-10H,4,11-17H2,1H3/p+1. The van der Waals surface area contributed by atoms with Crippen LogP contribution in [0, 0.1) is 6.92 Å². The average Bonchev–Trinajstić information content (AvgIpc) is 2.76. The van der Waals surface area contributed by atoms with Gasteiger partial charge >= 0.3 is 0 Å². The monoisotopic (exact) mass is 410 g/mol. The minimum atomic E-state index is 0.0685. The van der Waals surface area contributed by atoms with Crippen molar-refractivity contribution >= 4 is 22.7 Å². The number of rotatable bonds is 7. The van der Waals surface area contributed by atoms with Crippen LogP contribution in [0.5, 0.6) is 0 Å². The zero-order chi connectivity index (χ0) is 20.1. The van der Waals surface area contributed by atoms with Crippen molar-refractivity contribution in [2.24, 2.45) is 0 Å². The Morgan fingerprint density at radius 3 is 2.66 bits per heavy atom. The molecular weight excluding hydrogens is 382 g/mol. The second-order valence-corrected chi connectivity index (χ2v) is 8.55. The summed E-state index contributed by atoms with van der Waals surface area (Å²) in [6.07, 6.45) is 0.966. The Bertz CT molecular complexity index is 1010. The first kappa shape index (κ1) is 20.1. The van der Waals surface area contributed by atoms with Gasteiger partial charge in [0.1, 0.15) is 13.1 Å². The fourth-order valence-corrected chi connectivity index (χ4v) is 4.67. The summed E-state index contributed by atoms with van der Waals surface area (Å²) < 4.78 is 7.32. The lowest BCUT2D eigenvalue weighted by Gasteiger charge is -2.24. The summed E-state index contributed by atoms with van der Waals surface area (Å²) in [6.45, 7) is 7.65. The Kier molecular flexibility index (Phi) is 6.64. The lowest BCUT2D eigenvalue weighted by molar-refractivity contribution is -0.908. The number of nitrogens with zero attached hydrogens (tertiary/aromatic N) is 2. The molecule has 1 aromatic heterocycles. The second kappa shape index (κ2) is 9.57. The molecule has 0 radical (unpaired) electrons. The quantitative estimate of drug-likeness (QED) is 0.480. The summed E-state index contributed by atoms with van der Waals surface area (Å²) in [4.78, 5) is 19.6. The summed E-state index contributed by atoms with van der Waals surface area (Å²) in [5.74, 6) is 0.805. The van der Waals surface area contributed by atoms with Gasteiger partial charge in [-0.2, -0.15) is 0 Å². The number of thioether (sulfide) groups is 1. The van der Waals surface area contributed by atoms with Gasteiger partial charge in [0.15, 0.2) is 5.16 Å². The molecule has 5 nitrogen and oxygen atoms in total. The SMILES string of the molecule is Cc1ccc(CSc2nc3ccccc3c(=O)n2CCC[NH+]2CCOCC2)cc1. The van der Waals surface area contributed by atoms with Crippen molar-refractivity contribution in [1.29, 1.82) is 0 Å². The summed E-state index contributed by atoms with van der Waals surface area (Å²) in [6, 6.07) is 16.2. The molecule has 0 unspecified atom stereocenters. The van der Waals surface area contributed by atoms with Gasteiger partial charge < -0.3 is 9.64 Å². The maximum absolute atomic E-state index is 13.2. The average molecular weight is 411 g/mol. The highest BCUT2D eigenvalue weighted by molar-refractivity contribution is 7.98. The molecule has 3 aromatic rings. The lowest BCUT2D eigenvalue weighted by atomic mass is 10.2. The van der Waals surface area contributed by atoms with Crippen molar-refractivity contribution in [2.75, 3.05) is 32.8 Å². The predicted octanol–water partition coefficient (Wildman–Crippen LogP) is 2.30. The predicted molar refractivity (Wildman–Crippen MR) is 118 cm³/mol. The van der Waals surface area contributed by atoms with Gasteiger partial charge in [0.25, 0.3) is 5.56 Å². The van der Waals surface area contributed by atoms with Crippen molar-refractivity contribution in [3.05, 3.63) is 70.0 Å². The minimum absolute atomic E-state index is 0.0685. The van der Waals surface area contributed by atoms with Gasteiger partial charge in [-0.05, 0) is 24.6 Å². The topological polar surface area (TPSA) is 48.6 Å². The van der Waals surface area contributed by atoms with Gasteiger partial charge in [-0.3, -0.25) is 9.36 Å². The largest absolute Gasteiger partial charge is 0.370 e. The highest BCUT2D eigenvalue weighted by Crippen LogP contribution is 2.22. The highest BCUT2D eigenvalue weighted by Gasteiger charge is 2.15. The molecule has 0 spiro atoms. The summed E-state index contributed by atoms with van der Waals surface area (Å²) in [5, 5.41) is 1.51. The zero-order valence-corrected chi connectivity index (χ0v) is 17.7. The van der Waals surface area contributed by atoms with E-state index in [1.54, 1.807) is 16.7 Å². The molecule has 0 aliphatic carbocycles. The van der Waals surface area contributed by atoms with Crippen LogP contribution in [0.1, 0.15) is 17.5 Å². The lowest BCUT2D eigenvalue weighted by Crippen LogP contribution is -3.14. The van der Waals surface area contributed by atoms with E-state index in [-0.39, 0.29) is 5.56 Å². The van der Waals surface area contributed by atoms with Crippen molar-refractivity contribution in [3.63, 3.8) is 0 Å². The number of nitrogens with one attached hydrogen (secondary N) is 1. The molecule has 2 aromatic carbocycles. The molecule has 0 amide bonds. The van der Waals surface area contributed by atoms with Gasteiger partial charge in [0.2, 0.25) is 0 Å². The van der Waals surface area contributed by atoms with Crippen LogP contribution in [0.25, 0.3) is 10.9 Å². The Morgan fingerprint density at radius 1 is 1.10 bits per heavy atom. The summed E-state index contributed by atoms with van der Waals surface area (Å²) in [5.41, 5.74) is 3.34. The number of fused-ring (bicyclic) bond motifs is 1. The number of aryl methyl sites for hydroxylation is 1. The normalized spacial score (nSPS) is 15.1. The molecule has 152 valence electrons. The third-order valence-electron chi connectivity index (χ3n) is 5.43. The van der Waals surface area contributed by atoms with Crippen LogP contribution in [0.3, 0.4) is 0 Å². The van der Waals surface area contributed by atoms with Crippen LogP contribution < -0.4 is 10.5 Å². The number of quaternary nitrogens is 1. The summed E-state index contributed by atoms with van der Waals surface area (Å²) >= 11 is 1.65. The molecule has 1 N–H and O–H groups in total. The third kappa shape index (κ3) is 5.07. The van der Waals surface area contributed by atoms with Gasteiger partial charge in [0.05, 0.1) is 30.7 Å². The number of benzene rings is 2. The number of ether oxygens (including phenoxy) is 1. The Balaban J connectivity index is 1.54. The fourth-order valence-electron chi connectivity index (χ4n) is 3.68. The van der Waals surface area contributed by atoms with E-state index in [4.69, 9.17) is 9.72 Å². The Morgan fingerprint density at radius 2 is 1.86 bits per heavy atom. The van der Waals surface area contributed by atoms with Crippen LogP contribution in [0.4, 0.5) is 0 Å². The first-order chi connectivity index (χ1) is 14.2. The molecule has 1 saturated heterocycles. The molecule has 2 heterocycles. The zero-order valence-electron chi connectivity index (χ0n) is 16.9. The van der Waals surface area contributed by atoms with Gasteiger partial charge in [-0.15, -0.1) is 0 Å². The number of hydrogen-bond acceptors (Lipinski definition) is 4. The first-order valence-corrected chi connectivity index (χ1v) is 11.3. The number of hydrogen-bond donors (Lipinski definition) is 1. The van der Waals surface area contributed by atoms with E-state index in [1.807, 2.05) is 28.8 Å². The molecule has 6 heteroatoms. The van der Waals surface area contributed by atoms with Crippen LogP contribution in [-0.4, -0.2) is 42.4 Å². The maximum Gasteiger partial charge on any atom is 0.262 e. The van der Waals surface area contributed by atoms with Crippen LogP contribution in [0.2, 0.25) is 0 Å². The molecule has 29 heavy (non-hydrogen) atoms. The van der Waals surface area contributed by atoms with Crippen molar-refractivity contribution < 1.29 is 9.64 Å². The van der Waals surface area contributed by atoms with E-state index >= 15 is 0 Å². The van der Waals surface area contributed by atoms with Crippen molar-refractivity contribution in [2.45, 2.75) is 30.8 Å². The summed E-state index contributed by atoms with van der Waals surface area (Å²) in [7, 11) is 0. The molecule has 0 saturated carbocycles. The van der Waals surface area contributed by atoms with E-state index < -0.39 is 0 Å². The maximum atomic E-state index is 13.2. The minimum Gasteiger partial charge on any atom is -0.370 e. The van der Waals surface area contributed by atoms with E-state index in [0.717, 1.165) is 55.7 Å². The van der Waals surface area contributed by atoms with Gasteiger partial charge in [0, 0.05) is 18.7 Å². The van der Waals surface area contributed by atoms with E-state index in [1.165, 1.54) is 11.1 Å². The fraction of sp³-hybridized carbons (Fsp3) is 0.391. The Hall–Kier alpha value is -2.15. The van der Waals surface area contributed by atoms with Crippen molar-refractivity contribution in [1.82, 2.24) is 9.55 Å². The molecular formula is C23H28N3O2S+. The van der Waals surface area contributed by atoms with Crippen LogP contribution >= 0.6 is 11.8 Å². The molecule has 4 rings (SSSR count). The Labute approximate surface area is 175 Å².